The molecule has 148 valence electrons. The van der Waals surface area contributed by atoms with Crippen LogP contribution in [0.5, 0.6) is 5.75 Å². The summed E-state index contributed by atoms with van der Waals surface area (Å²) in [6.07, 6.45) is 2.61. The molecule has 0 aliphatic carbocycles. The molecule has 1 amide bonds. The van der Waals surface area contributed by atoms with E-state index in [1.54, 1.807) is 13.2 Å². The van der Waals surface area contributed by atoms with Gasteiger partial charge in [-0.15, -0.1) is 0 Å². The molecular weight excluding hydrogens is 362 g/mol. The molecule has 29 heavy (non-hydrogen) atoms. The highest BCUT2D eigenvalue weighted by molar-refractivity contribution is 5.96. The van der Waals surface area contributed by atoms with Gasteiger partial charge in [-0.3, -0.25) is 9.79 Å². The minimum atomic E-state index is -0.0981. The standard InChI is InChI=1S/C24H25N3O2/c1-17-15-27(16-26-17)22-10-9-21(14-23(22)29-2)24(28)25-12-11-18-7-8-19-5-3-4-6-20(19)13-18/h3-10,13-14,16-17H,11-12,15H2,1-2H3,(H,25,28). The van der Waals surface area contributed by atoms with Gasteiger partial charge >= 0.3 is 0 Å². The van der Waals surface area contributed by atoms with Gasteiger partial charge < -0.3 is 15.0 Å². The van der Waals surface area contributed by atoms with Crippen LogP contribution in [-0.4, -0.2) is 38.5 Å². The minimum absolute atomic E-state index is 0.0981. The molecule has 3 aromatic rings. The molecule has 1 aliphatic heterocycles. The maximum atomic E-state index is 12.6. The second kappa shape index (κ2) is 8.35. The number of nitrogens with one attached hydrogen (secondary N) is 1. The molecule has 1 unspecified atom stereocenters. The zero-order valence-electron chi connectivity index (χ0n) is 16.8. The van der Waals surface area contributed by atoms with Crippen LogP contribution in [0.25, 0.3) is 10.8 Å². The van der Waals surface area contributed by atoms with Crippen molar-refractivity contribution < 1.29 is 9.53 Å². The minimum Gasteiger partial charge on any atom is -0.495 e. The van der Waals surface area contributed by atoms with E-state index in [0.717, 1.165) is 18.7 Å². The molecule has 5 nitrogen and oxygen atoms in total. The van der Waals surface area contributed by atoms with Gasteiger partial charge in [-0.05, 0) is 47.9 Å². The number of methoxy groups -OCH3 is 1. The number of carbonyl (C=O) groups is 1. The molecular formula is C24H25N3O2. The highest BCUT2D eigenvalue weighted by atomic mass is 16.5. The first kappa shape index (κ1) is 19.0. The summed E-state index contributed by atoms with van der Waals surface area (Å²) in [6, 6.07) is 20.5. The number of ether oxygens (including phenoxy) is 1. The summed E-state index contributed by atoms with van der Waals surface area (Å²) < 4.78 is 5.52. The molecule has 1 heterocycles. The molecule has 1 N–H and O–H groups in total. The van der Waals surface area contributed by atoms with Crippen LogP contribution in [0.15, 0.2) is 65.7 Å². The molecule has 4 rings (SSSR count). The number of anilines is 1. The second-order valence-corrected chi connectivity index (χ2v) is 7.34. The van der Waals surface area contributed by atoms with Crippen LogP contribution >= 0.6 is 0 Å². The number of benzene rings is 3. The Labute approximate surface area is 171 Å². The molecule has 0 saturated carbocycles. The van der Waals surface area contributed by atoms with E-state index in [9.17, 15) is 4.79 Å². The number of nitrogens with zero attached hydrogens (tertiary/aromatic N) is 2. The number of carbonyl (C=O) groups excluding carboxylic acids is 1. The van der Waals surface area contributed by atoms with Crippen molar-refractivity contribution in [1.82, 2.24) is 5.32 Å². The van der Waals surface area contributed by atoms with Crippen molar-refractivity contribution in [2.24, 2.45) is 4.99 Å². The maximum Gasteiger partial charge on any atom is 0.251 e. The van der Waals surface area contributed by atoms with Crippen LogP contribution in [-0.2, 0) is 6.42 Å². The number of hydrogen-bond acceptors (Lipinski definition) is 4. The van der Waals surface area contributed by atoms with E-state index in [2.05, 4.69) is 47.6 Å². The van der Waals surface area contributed by atoms with Gasteiger partial charge in [0.25, 0.3) is 5.91 Å². The third-order valence-electron chi connectivity index (χ3n) is 5.19. The average molecular weight is 387 g/mol. The molecule has 0 radical (unpaired) electrons. The SMILES string of the molecule is COc1cc(C(=O)NCCc2ccc3ccccc3c2)ccc1N1C=NC(C)C1. The summed E-state index contributed by atoms with van der Waals surface area (Å²) in [5.41, 5.74) is 2.72. The first-order chi connectivity index (χ1) is 14.1. The topological polar surface area (TPSA) is 53.9 Å². The Kier molecular flexibility index (Phi) is 5.47. The van der Waals surface area contributed by atoms with E-state index in [4.69, 9.17) is 4.74 Å². The van der Waals surface area contributed by atoms with Crippen LogP contribution in [0.2, 0.25) is 0 Å². The van der Waals surface area contributed by atoms with Crippen molar-refractivity contribution in [3.05, 3.63) is 71.8 Å². The Bertz CT molecular complexity index is 1060. The van der Waals surface area contributed by atoms with Gasteiger partial charge in [-0.1, -0.05) is 42.5 Å². The third-order valence-corrected chi connectivity index (χ3v) is 5.19. The van der Waals surface area contributed by atoms with Crippen molar-refractivity contribution in [2.45, 2.75) is 19.4 Å². The van der Waals surface area contributed by atoms with Crippen LogP contribution in [0.4, 0.5) is 5.69 Å². The van der Waals surface area contributed by atoms with E-state index in [1.807, 2.05) is 35.5 Å². The fourth-order valence-electron chi connectivity index (χ4n) is 3.61. The maximum absolute atomic E-state index is 12.6. The number of fused-ring (bicyclic) bond motifs is 1. The Balaban J connectivity index is 1.39. The largest absolute Gasteiger partial charge is 0.495 e. The summed E-state index contributed by atoms with van der Waals surface area (Å²) in [5, 5.41) is 5.45. The van der Waals surface area contributed by atoms with Crippen molar-refractivity contribution in [3.8, 4) is 5.75 Å². The van der Waals surface area contributed by atoms with E-state index in [1.165, 1.54) is 16.3 Å². The number of aliphatic imine (C=N–C) groups is 1. The lowest BCUT2D eigenvalue weighted by Crippen LogP contribution is -2.26. The lowest BCUT2D eigenvalue weighted by molar-refractivity contribution is 0.0954. The van der Waals surface area contributed by atoms with Crippen molar-refractivity contribution in [1.29, 1.82) is 0 Å². The monoisotopic (exact) mass is 387 g/mol. The van der Waals surface area contributed by atoms with Gasteiger partial charge in [0.15, 0.2) is 0 Å². The average Bonchev–Trinajstić information content (AvgIpc) is 3.19. The lowest BCUT2D eigenvalue weighted by atomic mass is 10.1. The van der Waals surface area contributed by atoms with Gasteiger partial charge in [0.05, 0.1) is 25.2 Å². The zero-order valence-corrected chi connectivity index (χ0v) is 16.8. The number of hydrogen-bond donors (Lipinski definition) is 1. The van der Waals surface area contributed by atoms with Crippen molar-refractivity contribution in [2.75, 3.05) is 25.1 Å². The van der Waals surface area contributed by atoms with E-state index in [-0.39, 0.29) is 11.9 Å². The number of amides is 1. The smallest absolute Gasteiger partial charge is 0.251 e. The summed E-state index contributed by atoms with van der Waals surface area (Å²) >= 11 is 0. The quantitative estimate of drug-likeness (QED) is 0.694. The van der Waals surface area contributed by atoms with Gasteiger partial charge in [0, 0.05) is 18.7 Å². The van der Waals surface area contributed by atoms with Crippen LogP contribution < -0.4 is 15.0 Å². The Morgan fingerprint density at radius 2 is 1.97 bits per heavy atom. The molecule has 0 bridgehead atoms. The van der Waals surface area contributed by atoms with Crippen LogP contribution in [0.1, 0.15) is 22.8 Å². The summed E-state index contributed by atoms with van der Waals surface area (Å²) in [7, 11) is 1.62. The normalized spacial score (nSPS) is 15.7. The van der Waals surface area contributed by atoms with E-state index < -0.39 is 0 Å². The highest BCUT2D eigenvalue weighted by Crippen LogP contribution is 2.30. The van der Waals surface area contributed by atoms with Crippen LogP contribution in [0, 0.1) is 0 Å². The number of rotatable bonds is 6. The third kappa shape index (κ3) is 4.24. The molecule has 1 atom stereocenters. The summed E-state index contributed by atoms with van der Waals surface area (Å²) in [4.78, 5) is 19.0. The van der Waals surface area contributed by atoms with Gasteiger partial charge in [0.1, 0.15) is 5.75 Å². The lowest BCUT2D eigenvalue weighted by Gasteiger charge is -2.19. The Hall–Kier alpha value is -3.34. The van der Waals surface area contributed by atoms with E-state index in [0.29, 0.717) is 17.9 Å². The second-order valence-electron chi connectivity index (χ2n) is 7.34. The Morgan fingerprint density at radius 3 is 2.72 bits per heavy atom. The fourth-order valence-corrected chi connectivity index (χ4v) is 3.61. The summed E-state index contributed by atoms with van der Waals surface area (Å²) in [5.74, 6) is 0.576. The van der Waals surface area contributed by atoms with Crippen molar-refractivity contribution in [3.63, 3.8) is 0 Å². The van der Waals surface area contributed by atoms with Gasteiger partial charge in [0.2, 0.25) is 0 Å². The fraction of sp³-hybridized carbons (Fsp3) is 0.250. The molecule has 0 spiro atoms. The Morgan fingerprint density at radius 1 is 1.14 bits per heavy atom. The summed E-state index contributed by atoms with van der Waals surface area (Å²) in [6.45, 7) is 3.46. The zero-order chi connectivity index (χ0) is 20.2. The molecule has 1 aliphatic rings. The molecule has 3 aromatic carbocycles. The predicted molar refractivity (Wildman–Crippen MR) is 118 cm³/mol. The first-order valence-electron chi connectivity index (χ1n) is 9.88. The predicted octanol–water partition coefficient (Wildman–Crippen LogP) is 4.06. The van der Waals surface area contributed by atoms with E-state index >= 15 is 0 Å². The first-order valence-corrected chi connectivity index (χ1v) is 9.88. The van der Waals surface area contributed by atoms with Crippen molar-refractivity contribution >= 4 is 28.7 Å². The van der Waals surface area contributed by atoms with Gasteiger partial charge in [-0.25, -0.2) is 0 Å². The van der Waals surface area contributed by atoms with Gasteiger partial charge in [-0.2, -0.15) is 0 Å². The molecule has 0 fully saturated rings. The molecule has 5 heteroatoms. The van der Waals surface area contributed by atoms with Crippen LogP contribution in [0.3, 0.4) is 0 Å². The molecule has 0 saturated heterocycles. The molecule has 0 aromatic heterocycles. The highest BCUT2D eigenvalue weighted by Gasteiger charge is 2.19.